The molecule has 2 aliphatic carbocycles. The van der Waals surface area contributed by atoms with E-state index in [1.165, 1.54) is 24.9 Å². The molecule has 0 radical (unpaired) electrons. The number of alkyl halides is 2. The number of halogens is 5. The van der Waals surface area contributed by atoms with Crippen LogP contribution in [0.25, 0.3) is 11.0 Å². The molecule has 0 saturated heterocycles. The van der Waals surface area contributed by atoms with Crippen LogP contribution in [0.15, 0.2) is 66.4 Å². The summed E-state index contributed by atoms with van der Waals surface area (Å²) >= 11 is 26.6. The average molecular weight is 781 g/mol. The monoisotopic (exact) mass is 779 g/mol. The van der Waals surface area contributed by atoms with Crippen molar-refractivity contribution in [1.29, 1.82) is 0 Å². The van der Waals surface area contributed by atoms with Crippen molar-refractivity contribution in [2.45, 2.75) is 47.6 Å². The van der Waals surface area contributed by atoms with E-state index < -0.39 is 78.3 Å². The molecule has 3 heterocycles. The molecule has 3 aliphatic rings. The van der Waals surface area contributed by atoms with E-state index in [1.54, 1.807) is 25.3 Å². The van der Waals surface area contributed by atoms with Crippen LogP contribution in [-0.4, -0.2) is 64.1 Å². The summed E-state index contributed by atoms with van der Waals surface area (Å²) in [6.07, 6.45) is 0.958. The minimum absolute atomic E-state index is 0.0423. The molecule has 18 heteroatoms. The van der Waals surface area contributed by atoms with Crippen molar-refractivity contribution in [3.63, 3.8) is 0 Å². The van der Waals surface area contributed by atoms with Crippen molar-refractivity contribution in [3.05, 3.63) is 100 Å². The lowest BCUT2D eigenvalue weighted by atomic mass is 9.59. The van der Waals surface area contributed by atoms with Gasteiger partial charge in [0.1, 0.15) is 25.5 Å². The van der Waals surface area contributed by atoms with Gasteiger partial charge in [0.05, 0.1) is 37.8 Å². The molecular formula is C33H26Cl4FN5O8. The lowest BCUT2D eigenvalue weighted by molar-refractivity contribution is -0.128. The number of benzene rings is 2. The van der Waals surface area contributed by atoms with Crippen LogP contribution in [0.3, 0.4) is 0 Å². The number of hydrogen-bond donors (Lipinski definition) is 1. The van der Waals surface area contributed by atoms with Gasteiger partial charge in [-0.1, -0.05) is 35.3 Å². The summed E-state index contributed by atoms with van der Waals surface area (Å²) in [5.41, 5.74) is -0.733. The molecule has 4 atom stereocenters. The molecule has 266 valence electrons. The number of phenols is 1. The van der Waals surface area contributed by atoms with Crippen LogP contribution in [0, 0.1) is 5.82 Å². The number of aromatic nitrogens is 5. The van der Waals surface area contributed by atoms with Crippen LogP contribution in [-0.2, 0) is 36.1 Å². The molecule has 1 fully saturated rings. The zero-order valence-corrected chi connectivity index (χ0v) is 29.9. The first kappa shape index (κ1) is 35.1. The molecule has 0 amide bonds. The zero-order valence-electron chi connectivity index (χ0n) is 26.9. The first-order chi connectivity index (χ1) is 24.1. The number of methoxy groups -OCH3 is 2. The van der Waals surface area contributed by atoms with E-state index in [0.717, 1.165) is 26.1 Å². The van der Waals surface area contributed by atoms with Crippen molar-refractivity contribution in [2.24, 2.45) is 7.05 Å². The van der Waals surface area contributed by atoms with Crippen molar-refractivity contribution in [2.75, 3.05) is 14.2 Å². The van der Waals surface area contributed by atoms with E-state index in [2.05, 4.69) is 4.98 Å². The minimum Gasteiger partial charge on any atom is -0.505 e. The Morgan fingerprint density at radius 2 is 1.65 bits per heavy atom. The number of aryl methyl sites for hydroxylation is 2. The number of phenolic OH excluding ortho intramolecular Hbond substituents is 1. The highest BCUT2D eigenvalue weighted by atomic mass is 35.5. The van der Waals surface area contributed by atoms with Crippen molar-refractivity contribution in [3.8, 4) is 17.2 Å². The number of Topliss-reactive ketones (excluding diaryl/α,β-unsaturated/α-hetero) is 2. The highest BCUT2D eigenvalue weighted by Gasteiger charge is 2.71. The SMILES string of the molecule is COc1cc2nc(CCn3c(=O)n4n(c3=O)[C@@H]3C[C@@]5(Cl)C(=O)C(Cl)=C(Cl)C(=O)[C@@]5(Cl)[C@@H](c5ccc(O)c(F)c5)C3=CC4)c(=O)n(C)c2cc1OC. The summed E-state index contributed by atoms with van der Waals surface area (Å²) in [6.45, 7) is -0.441. The van der Waals surface area contributed by atoms with Crippen LogP contribution in [0.1, 0.15) is 29.6 Å². The van der Waals surface area contributed by atoms with E-state index in [4.69, 9.17) is 55.9 Å². The quantitative estimate of drug-likeness (QED) is 0.228. The Bertz CT molecular complexity index is 2490. The maximum absolute atomic E-state index is 14.8. The summed E-state index contributed by atoms with van der Waals surface area (Å²) in [5, 5.41) is 8.60. The normalized spacial score (nSPS) is 24.3. The molecule has 1 aliphatic heterocycles. The molecule has 51 heavy (non-hydrogen) atoms. The molecule has 0 spiro atoms. The fraction of sp³-hybridized carbons (Fsp3) is 0.333. The number of aromatic hydroxyl groups is 1. The highest BCUT2D eigenvalue weighted by molar-refractivity contribution is 6.66. The molecule has 7 rings (SSSR count). The van der Waals surface area contributed by atoms with Gasteiger partial charge in [-0.25, -0.2) is 32.9 Å². The van der Waals surface area contributed by atoms with Gasteiger partial charge in [-0.3, -0.25) is 14.4 Å². The van der Waals surface area contributed by atoms with Gasteiger partial charge in [-0.2, -0.15) is 0 Å². The van der Waals surface area contributed by atoms with E-state index in [0.29, 0.717) is 22.5 Å². The number of carbonyl (C=O) groups is 2. The van der Waals surface area contributed by atoms with Crippen LogP contribution in [0.5, 0.6) is 17.2 Å². The van der Waals surface area contributed by atoms with Crippen molar-refractivity contribution < 1.29 is 28.6 Å². The Morgan fingerprint density at radius 1 is 0.980 bits per heavy atom. The molecule has 0 bridgehead atoms. The van der Waals surface area contributed by atoms with Gasteiger partial charge >= 0.3 is 11.4 Å². The number of hydrogen-bond acceptors (Lipinski definition) is 9. The number of allylic oxidation sites excluding steroid dienone is 4. The predicted molar refractivity (Wildman–Crippen MR) is 185 cm³/mol. The lowest BCUT2D eigenvalue weighted by Crippen LogP contribution is -2.67. The van der Waals surface area contributed by atoms with Gasteiger partial charge in [0, 0.05) is 44.5 Å². The number of ether oxygens (including phenoxy) is 2. The third kappa shape index (κ3) is 4.79. The molecule has 4 aromatic rings. The summed E-state index contributed by atoms with van der Waals surface area (Å²) in [7, 11) is 4.47. The maximum atomic E-state index is 14.8. The fourth-order valence-corrected chi connectivity index (χ4v) is 8.90. The van der Waals surface area contributed by atoms with Crippen molar-refractivity contribution in [1.82, 2.24) is 23.5 Å². The Morgan fingerprint density at radius 3 is 2.31 bits per heavy atom. The van der Waals surface area contributed by atoms with Crippen LogP contribution >= 0.6 is 46.4 Å². The van der Waals surface area contributed by atoms with Gasteiger partial charge in [-0.15, -0.1) is 23.2 Å². The van der Waals surface area contributed by atoms with Gasteiger partial charge in [0.25, 0.3) is 5.56 Å². The fourth-order valence-electron chi connectivity index (χ4n) is 7.38. The average Bonchev–Trinajstić information content (AvgIpc) is 3.36. The van der Waals surface area contributed by atoms with Gasteiger partial charge < -0.3 is 19.1 Å². The topological polar surface area (TPSA) is 157 Å². The first-order valence-corrected chi connectivity index (χ1v) is 16.9. The second-order valence-corrected chi connectivity index (χ2v) is 14.4. The van der Waals surface area contributed by atoms with Gasteiger partial charge in [0.2, 0.25) is 0 Å². The second kappa shape index (κ2) is 12.1. The molecule has 13 nitrogen and oxygen atoms in total. The summed E-state index contributed by atoms with van der Waals surface area (Å²) in [5.74, 6) is -4.31. The lowest BCUT2D eigenvalue weighted by Gasteiger charge is -2.54. The zero-order chi connectivity index (χ0) is 36.9. The van der Waals surface area contributed by atoms with E-state index in [-0.39, 0.29) is 36.3 Å². The number of rotatable bonds is 6. The first-order valence-electron chi connectivity index (χ1n) is 15.4. The summed E-state index contributed by atoms with van der Waals surface area (Å²) in [6, 6.07) is 5.35. The smallest absolute Gasteiger partial charge is 0.347 e. The Labute approximate surface area is 306 Å². The largest absolute Gasteiger partial charge is 0.505 e. The maximum Gasteiger partial charge on any atom is 0.347 e. The number of fused-ring (bicyclic) bond motifs is 5. The standard InChI is InChI=1S/C33H26Cl4FN5O8/c1-40-19-12-23(51-3)22(50-2)11-18(19)39-17(29(40)47)7-8-41-30(48)42-9-6-15-20(43(42)31(41)49)13-32(36)27(45)25(34)26(35)28(46)33(32,37)24(15)14-4-5-21(44)16(38)10-14/h4-6,10-12,20,24,44H,7-9,13H2,1-3H3/t20-,24+,32-,33+/m1/s1. The van der Waals surface area contributed by atoms with Gasteiger partial charge in [-0.05, 0) is 23.3 Å². The molecular weight excluding hydrogens is 755 g/mol. The second-order valence-electron chi connectivity index (χ2n) is 12.4. The Hall–Kier alpha value is -4.37. The molecule has 2 aromatic carbocycles. The Kier molecular flexibility index (Phi) is 8.32. The van der Waals surface area contributed by atoms with Gasteiger partial charge in [0.15, 0.2) is 34.6 Å². The predicted octanol–water partition coefficient (Wildman–Crippen LogP) is 3.63. The number of nitrogens with zero attached hydrogens (tertiary/aromatic N) is 5. The van der Waals surface area contributed by atoms with Crippen LogP contribution < -0.4 is 26.4 Å². The van der Waals surface area contributed by atoms with E-state index in [9.17, 15) is 33.5 Å². The number of carbonyl (C=O) groups excluding carboxylic acids is 2. The Balaban J connectivity index is 1.33. The summed E-state index contributed by atoms with van der Waals surface area (Å²) in [4.78, 5) is 68.7. The van der Waals surface area contributed by atoms with Crippen LogP contribution in [0.4, 0.5) is 4.39 Å². The van der Waals surface area contributed by atoms with Crippen molar-refractivity contribution >= 4 is 69.0 Å². The van der Waals surface area contributed by atoms with E-state index >= 15 is 0 Å². The minimum atomic E-state index is -2.35. The van der Waals surface area contributed by atoms with E-state index in [1.807, 2.05) is 0 Å². The third-order valence-corrected chi connectivity index (χ3v) is 12.2. The number of ketones is 2. The third-order valence-electron chi connectivity index (χ3n) is 9.91. The molecule has 1 saturated carbocycles. The highest BCUT2D eigenvalue weighted by Crippen LogP contribution is 2.63. The van der Waals surface area contributed by atoms with Crippen LogP contribution in [0.2, 0.25) is 0 Å². The summed E-state index contributed by atoms with van der Waals surface area (Å²) < 4.78 is 30.1. The molecule has 2 aromatic heterocycles. The molecule has 0 unspecified atom stereocenters. The molecule has 1 N–H and O–H groups in total.